The fourth-order valence-electron chi connectivity index (χ4n) is 2.77. The van der Waals surface area contributed by atoms with Crippen LogP contribution >= 0.6 is 11.3 Å². The van der Waals surface area contributed by atoms with Crippen LogP contribution in [0.2, 0.25) is 0 Å². The zero-order valence-electron chi connectivity index (χ0n) is 17.6. The van der Waals surface area contributed by atoms with Gasteiger partial charge in [0.15, 0.2) is 6.61 Å². The summed E-state index contributed by atoms with van der Waals surface area (Å²) in [5.41, 5.74) is 5.33. The lowest BCUT2D eigenvalue weighted by Gasteiger charge is -2.14. The number of hydrazone groups is 1. The molecule has 3 aromatic rings. The van der Waals surface area contributed by atoms with E-state index in [0.717, 1.165) is 16.7 Å². The Balaban J connectivity index is 1.49. The number of hydrogen-bond donors (Lipinski definition) is 1. The molecule has 160 valence electrons. The van der Waals surface area contributed by atoms with E-state index in [1.807, 2.05) is 30.5 Å². The average Bonchev–Trinajstić information content (AvgIpc) is 3.28. The molecule has 1 N–H and O–H groups in total. The van der Waals surface area contributed by atoms with E-state index >= 15 is 0 Å². The predicted octanol–water partition coefficient (Wildman–Crippen LogP) is 4.93. The van der Waals surface area contributed by atoms with Gasteiger partial charge in [-0.1, -0.05) is 32.0 Å². The van der Waals surface area contributed by atoms with Gasteiger partial charge in [-0.25, -0.2) is 10.2 Å². The molecular formula is C24H24N2O4S. The molecule has 6 nitrogen and oxygen atoms in total. The first-order chi connectivity index (χ1) is 14.9. The van der Waals surface area contributed by atoms with Gasteiger partial charge in [0, 0.05) is 0 Å². The van der Waals surface area contributed by atoms with Crippen LogP contribution in [0.3, 0.4) is 0 Å². The number of carbonyl (C=O) groups is 2. The van der Waals surface area contributed by atoms with E-state index in [1.165, 1.54) is 17.6 Å². The maximum Gasteiger partial charge on any atom is 0.353 e. The first-order valence-electron chi connectivity index (χ1n) is 9.83. The molecule has 0 atom stereocenters. The number of ether oxygens (including phenoxy) is 2. The molecule has 0 radical (unpaired) electrons. The van der Waals surface area contributed by atoms with E-state index in [0.29, 0.717) is 22.3 Å². The smallest absolute Gasteiger partial charge is 0.353 e. The van der Waals surface area contributed by atoms with Gasteiger partial charge in [-0.2, -0.15) is 5.10 Å². The van der Waals surface area contributed by atoms with Crippen molar-refractivity contribution >= 4 is 29.4 Å². The van der Waals surface area contributed by atoms with Gasteiger partial charge in [0.2, 0.25) is 0 Å². The highest BCUT2D eigenvalue weighted by Gasteiger charge is 2.10. The quantitative estimate of drug-likeness (QED) is 0.235. The molecule has 0 aliphatic heterocycles. The van der Waals surface area contributed by atoms with Gasteiger partial charge in [-0.15, -0.1) is 11.3 Å². The minimum Gasteiger partial charge on any atom is -0.483 e. The SMILES string of the molecule is Cc1ccc(C(C)C)c(OCC(=O)N/N=C/c2ccc(OC(=O)c3cccs3)cc2)c1. The molecule has 7 heteroatoms. The van der Waals surface area contributed by atoms with Gasteiger partial charge >= 0.3 is 5.97 Å². The second kappa shape index (κ2) is 10.5. The van der Waals surface area contributed by atoms with Gasteiger partial charge in [0.05, 0.1) is 6.21 Å². The highest BCUT2D eigenvalue weighted by molar-refractivity contribution is 7.12. The number of nitrogens with one attached hydrogen (secondary N) is 1. The maximum atomic E-state index is 12.1. The predicted molar refractivity (Wildman–Crippen MR) is 122 cm³/mol. The molecule has 0 spiro atoms. The van der Waals surface area contributed by atoms with Crippen molar-refractivity contribution in [3.63, 3.8) is 0 Å². The maximum absolute atomic E-state index is 12.1. The number of thiophene rings is 1. The fraction of sp³-hybridized carbons (Fsp3) is 0.208. The second-order valence-electron chi connectivity index (χ2n) is 7.21. The minimum atomic E-state index is -0.391. The normalized spacial score (nSPS) is 11.0. The topological polar surface area (TPSA) is 77.0 Å². The van der Waals surface area contributed by atoms with Crippen LogP contribution in [0, 0.1) is 6.92 Å². The molecule has 31 heavy (non-hydrogen) atoms. The number of nitrogens with zero attached hydrogens (tertiary/aromatic N) is 1. The molecule has 0 unspecified atom stereocenters. The Morgan fingerprint density at radius 3 is 2.58 bits per heavy atom. The summed E-state index contributed by atoms with van der Waals surface area (Å²) < 4.78 is 11.0. The van der Waals surface area contributed by atoms with Crippen LogP contribution in [0.25, 0.3) is 0 Å². The van der Waals surface area contributed by atoms with Crippen LogP contribution in [0.4, 0.5) is 0 Å². The zero-order chi connectivity index (χ0) is 22.2. The number of carbonyl (C=O) groups excluding carboxylic acids is 2. The number of esters is 1. The number of amides is 1. The van der Waals surface area contributed by atoms with Gasteiger partial charge < -0.3 is 9.47 Å². The molecule has 0 bridgehead atoms. The van der Waals surface area contributed by atoms with Crippen molar-refractivity contribution in [1.29, 1.82) is 0 Å². The Bertz CT molecular complexity index is 1060. The van der Waals surface area contributed by atoms with E-state index in [9.17, 15) is 9.59 Å². The lowest BCUT2D eigenvalue weighted by Crippen LogP contribution is -2.25. The summed E-state index contributed by atoms with van der Waals surface area (Å²) in [6.45, 7) is 6.01. The molecule has 3 rings (SSSR count). The average molecular weight is 437 g/mol. The number of hydrogen-bond acceptors (Lipinski definition) is 6. The molecule has 0 fully saturated rings. The summed E-state index contributed by atoms with van der Waals surface area (Å²) in [5.74, 6) is 0.699. The Kier molecular flexibility index (Phi) is 7.56. The third kappa shape index (κ3) is 6.52. The highest BCUT2D eigenvalue weighted by atomic mass is 32.1. The molecular weight excluding hydrogens is 412 g/mol. The van der Waals surface area contributed by atoms with E-state index in [4.69, 9.17) is 9.47 Å². The Hall–Kier alpha value is -3.45. The van der Waals surface area contributed by atoms with Crippen LogP contribution in [-0.4, -0.2) is 24.7 Å². The molecule has 0 aliphatic rings. The Morgan fingerprint density at radius 2 is 1.90 bits per heavy atom. The van der Waals surface area contributed by atoms with Crippen molar-refractivity contribution in [1.82, 2.24) is 5.43 Å². The summed E-state index contributed by atoms with van der Waals surface area (Å²) in [5, 5.41) is 5.77. The fourth-order valence-corrected chi connectivity index (χ4v) is 3.37. The van der Waals surface area contributed by atoms with Gasteiger partial charge in [-0.05, 0) is 71.3 Å². The van der Waals surface area contributed by atoms with Crippen LogP contribution in [0.15, 0.2) is 65.1 Å². The highest BCUT2D eigenvalue weighted by Crippen LogP contribution is 2.27. The van der Waals surface area contributed by atoms with E-state index < -0.39 is 5.97 Å². The third-order valence-corrected chi connectivity index (χ3v) is 5.22. The van der Waals surface area contributed by atoms with Gasteiger partial charge in [-0.3, -0.25) is 4.79 Å². The van der Waals surface area contributed by atoms with Crippen molar-refractivity contribution in [2.24, 2.45) is 5.10 Å². The number of benzene rings is 2. The lowest BCUT2D eigenvalue weighted by atomic mass is 10.0. The minimum absolute atomic E-state index is 0.127. The molecule has 1 aromatic heterocycles. The second-order valence-corrected chi connectivity index (χ2v) is 8.16. The Labute approximate surface area is 185 Å². The van der Waals surface area contributed by atoms with Crippen LogP contribution in [0.1, 0.15) is 46.1 Å². The molecule has 1 amide bonds. The van der Waals surface area contributed by atoms with Crippen molar-refractivity contribution in [2.45, 2.75) is 26.7 Å². The van der Waals surface area contributed by atoms with Gasteiger partial charge in [0.1, 0.15) is 16.4 Å². The van der Waals surface area contributed by atoms with E-state index in [-0.39, 0.29) is 12.5 Å². The summed E-state index contributed by atoms with van der Waals surface area (Å²) >= 11 is 1.33. The number of rotatable bonds is 8. The molecule has 1 heterocycles. The van der Waals surface area contributed by atoms with Crippen LogP contribution in [-0.2, 0) is 4.79 Å². The van der Waals surface area contributed by atoms with Crippen molar-refractivity contribution in [2.75, 3.05) is 6.61 Å². The van der Waals surface area contributed by atoms with Crippen molar-refractivity contribution in [3.8, 4) is 11.5 Å². The zero-order valence-corrected chi connectivity index (χ0v) is 18.4. The summed E-state index contributed by atoms with van der Waals surface area (Å²) in [6.07, 6.45) is 1.51. The van der Waals surface area contributed by atoms with Crippen LogP contribution < -0.4 is 14.9 Å². The van der Waals surface area contributed by atoms with Gasteiger partial charge in [0.25, 0.3) is 5.91 Å². The summed E-state index contributed by atoms with van der Waals surface area (Å²) in [6, 6.07) is 16.3. The third-order valence-electron chi connectivity index (χ3n) is 4.37. The van der Waals surface area contributed by atoms with Crippen LogP contribution in [0.5, 0.6) is 11.5 Å². The Morgan fingerprint density at radius 1 is 1.13 bits per heavy atom. The molecule has 0 saturated carbocycles. The summed E-state index contributed by atoms with van der Waals surface area (Å²) in [7, 11) is 0. The first-order valence-corrected chi connectivity index (χ1v) is 10.7. The largest absolute Gasteiger partial charge is 0.483 e. The number of aryl methyl sites for hydroxylation is 1. The standard InChI is InChI=1S/C24H24N2O4S/c1-16(2)20-11-6-17(3)13-21(20)29-15-23(27)26-25-14-18-7-9-19(10-8-18)30-24(28)22-5-4-12-31-22/h4-14,16H,15H2,1-3H3,(H,26,27)/b25-14+. The lowest BCUT2D eigenvalue weighted by molar-refractivity contribution is -0.123. The monoisotopic (exact) mass is 436 g/mol. The molecule has 2 aromatic carbocycles. The summed E-state index contributed by atoms with van der Waals surface area (Å²) in [4.78, 5) is 24.5. The molecule has 0 aliphatic carbocycles. The van der Waals surface area contributed by atoms with Crippen molar-refractivity contribution in [3.05, 3.63) is 81.5 Å². The van der Waals surface area contributed by atoms with Crippen molar-refractivity contribution < 1.29 is 19.1 Å². The first kappa shape index (κ1) is 22.2. The molecule has 0 saturated heterocycles. The van der Waals surface area contributed by atoms with E-state index in [2.05, 4.69) is 24.4 Å². The van der Waals surface area contributed by atoms with E-state index in [1.54, 1.807) is 36.4 Å².